The third-order valence-corrected chi connectivity index (χ3v) is 4.79. The summed E-state index contributed by atoms with van der Waals surface area (Å²) in [5.74, 6) is -1.46. The number of nitrogens with one attached hydrogen (secondary N) is 1. The fraction of sp³-hybridized carbons (Fsp3) is 0. The highest BCUT2D eigenvalue weighted by molar-refractivity contribution is 6.36. The second-order valence-electron chi connectivity index (χ2n) is 6.17. The van der Waals surface area contributed by atoms with Gasteiger partial charge in [0.1, 0.15) is 5.56 Å². The second-order valence-corrected chi connectivity index (χ2v) is 7.01. The van der Waals surface area contributed by atoms with Gasteiger partial charge in [0.2, 0.25) is 0 Å². The van der Waals surface area contributed by atoms with Crippen molar-refractivity contribution >= 4 is 52.0 Å². The smallest absolute Gasteiger partial charge is 0.289 e. The normalized spacial score (nSPS) is 10.4. The van der Waals surface area contributed by atoms with E-state index in [4.69, 9.17) is 23.2 Å². The van der Waals surface area contributed by atoms with Gasteiger partial charge in [-0.2, -0.15) is 0 Å². The summed E-state index contributed by atoms with van der Waals surface area (Å²) in [5.41, 5.74) is -1.49. The standard InChI is InChI=1S/C20H11Cl2N3O6/c21-11-5-8-17(15(9-11)19(26)13-3-1-2-4-16(13)22)23-20(27)14-7-6-12(24(28)29)10-18(14)25(30)31/h1-10H,(H,23,27). The maximum atomic E-state index is 13.0. The number of benzene rings is 3. The maximum Gasteiger partial charge on any atom is 0.289 e. The number of nitro benzene ring substituents is 2. The van der Waals surface area contributed by atoms with Crippen LogP contribution in [0.4, 0.5) is 17.1 Å². The third kappa shape index (κ3) is 4.68. The van der Waals surface area contributed by atoms with Crippen molar-refractivity contribution in [3.05, 3.63) is 108 Å². The van der Waals surface area contributed by atoms with Crippen LogP contribution in [0.25, 0.3) is 0 Å². The van der Waals surface area contributed by atoms with Gasteiger partial charge in [-0.15, -0.1) is 0 Å². The Balaban J connectivity index is 2.02. The van der Waals surface area contributed by atoms with E-state index in [0.717, 1.165) is 12.1 Å². The molecule has 0 saturated heterocycles. The molecule has 0 unspecified atom stereocenters. The molecule has 0 aliphatic carbocycles. The van der Waals surface area contributed by atoms with E-state index in [0.29, 0.717) is 6.07 Å². The number of carbonyl (C=O) groups is 2. The topological polar surface area (TPSA) is 132 Å². The first-order chi connectivity index (χ1) is 14.7. The average molecular weight is 460 g/mol. The Morgan fingerprint density at radius 3 is 2.16 bits per heavy atom. The van der Waals surface area contributed by atoms with E-state index < -0.39 is 38.5 Å². The van der Waals surface area contributed by atoms with Crippen LogP contribution in [-0.4, -0.2) is 21.5 Å². The number of halogens is 2. The minimum atomic E-state index is -0.933. The summed E-state index contributed by atoms with van der Waals surface area (Å²) in [6.07, 6.45) is 0. The van der Waals surface area contributed by atoms with E-state index >= 15 is 0 Å². The van der Waals surface area contributed by atoms with Crippen molar-refractivity contribution in [2.24, 2.45) is 0 Å². The first kappa shape index (κ1) is 21.9. The predicted molar refractivity (Wildman–Crippen MR) is 114 cm³/mol. The van der Waals surface area contributed by atoms with E-state index in [9.17, 15) is 29.8 Å². The zero-order valence-electron chi connectivity index (χ0n) is 15.4. The van der Waals surface area contributed by atoms with Crippen molar-refractivity contribution in [3.8, 4) is 0 Å². The molecule has 156 valence electrons. The zero-order chi connectivity index (χ0) is 22.7. The number of amides is 1. The molecule has 0 atom stereocenters. The lowest BCUT2D eigenvalue weighted by molar-refractivity contribution is -0.394. The van der Waals surface area contributed by atoms with Crippen LogP contribution in [0.2, 0.25) is 10.0 Å². The van der Waals surface area contributed by atoms with E-state index in [-0.39, 0.29) is 26.9 Å². The van der Waals surface area contributed by atoms with Gasteiger partial charge < -0.3 is 5.32 Å². The Morgan fingerprint density at radius 2 is 1.52 bits per heavy atom. The zero-order valence-corrected chi connectivity index (χ0v) is 16.9. The molecule has 1 amide bonds. The molecule has 0 bridgehead atoms. The molecule has 3 aromatic rings. The van der Waals surface area contributed by atoms with Crippen LogP contribution in [0.15, 0.2) is 60.7 Å². The lowest BCUT2D eigenvalue weighted by atomic mass is 10.0. The molecule has 0 aromatic heterocycles. The van der Waals surface area contributed by atoms with E-state index in [1.54, 1.807) is 12.1 Å². The molecular formula is C20H11Cl2N3O6. The van der Waals surface area contributed by atoms with Gasteiger partial charge in [-0.3, -0.25) is 29.8 Å². The van der Waals surface area contributed by atoms with Crippen LogP contribution in [0.1, 0.15) is 26.3 Å². The summed E-state index contributed by atoms with van der Waals surface area (Å²) in [6, 6.07) is 13.0. The molecule has 11 heteroatoms. The minimum Gasteiger partial charge on any atom is -0.321 e. The summed E-state index contributed by atoms with van der Waals surface area (Å²) >= 11 is 12.1. The molecule has 0 saturated carbocycles. The highest BCUT2D eigenvalue weighted by Crippen LogP contribution is 2.29. The number of rotatable bonds is 6. The van der Waals surface area contributed by atoms with Crippen LogP contribution in [0.3, 0.4) is 0 Å². The molecule has 0 heterocycles. The van der Waals surface area contributed by atoms with Crippen molar-refractivity contribution in [1.29, 1.82) is 0 Å². The van der Waals surface area contributed by atoms with Crippen molar-refractivity contribution in [2.45, 2.75) is 0 Å². The number of anilines is 1. The van der Waals surface area contributed by atoms with Gasteiger partial charge in [0.25, 0.3) is 17.3 Å². The summed E-state index contributed by atoms with van der Waals surface area (Å²) in [5, 5.41) is 25.0. The SMILES string of the molecule is O=C(c1ccccc1Cl)c1cc(Cl)ccc1NC(=O)c1ccc([N+](=O)[O-])cc1[N+](=O)[O-]. The van der Waals surface area contributed by atoms with Gasteiger partial charge in [0.05, 0.1) is 26.6 Å². The van der Waals surface area contributed by atoms with Crippen LogP contribution in [-0.2, 0) is 0 Å². The molecule has 3 rings (SSSR count). The van der Waals surface area contributed by atoms with E-state index in [1.165, 1.54) is 30.3 Å². The Bertz CT molecular complexity index is 1250. The van der Waals surface area contributed by atoms with E-state index in [2.05, 4.69) is 5.32 Å². The molecule has 0 radical (unpaired) electrons. The van der Waals surface area contributed by atoms with Gasteiger partial charge in [-0.1, -0.05) is 35.3 Å². The highest BCUT2D eigenvalue weighted by atomic mass is 35.5. The lowest BCUT2D eigenvalue weighted by Gasteiger charge is -2.12. The van der Waals surface area contributed by atoms with Gasteiger partial charge in [0.15, 0.2) is 5.78 Å². The monoisotopic (exact) mass is 459 g/mol. The molecule has 0 fully saturated rings. The lowest BCUT2D eigenvalue weighted by Crippen LogP contribution is -2.17. The summed E-state index contributed by atoms with van der Waals surface area (Å²) < 4.78 is 0. The molecule has 1 N–H and O–H groups in total. The molecule has 0 aliphatic heterocycles. The summed E-state index contributed by atoms with van der Waals surface area (Å²) in [6.45, 7) is 0. The van der Waals surface area contributed by atoms with Crippen molar-refractivity contribution in [1.82, 2.24) is 0 Å². The van der Waals surface area contributed by atoms with Gasteiger partial charge in [-0.05, 0) is 36.4 Å². The fourth-order valence-corrected chi connectivity index (χ4v) is 3.16. The van der Waals surface area contributed by atoms with Gasteiger partial charge in [-0.25, -0.2) is 0 Å². The summed E-state index contributed by atoms with van der Waals surface area (Å²) in [7, 11) is 0. The Morgan fingerprint density at radius 1 is 0.806 bits per heavy atom. The number of hydrogen-bond acceptors (Lipinski definition) is 6. The van der Waals surface area contributed by atoms with E-state index in [1.807, 2.05) is 0 Å². The average Bonchev–Trinajstić information content (AvgIpc) is 2.74. The first-order valence-corrected chi connectivity index (χ1v) is 9.27. The van der Waals surface area contributed by atoms with Gasteiger partial charge >= 0.3 is 0 Å². The number of hydrogen-bond donors (Lipinski definition) is 1. The maximum absolute atomic E-state index is 13.0. The highest BCUT2D eigenvalue weighted by Gasteiger charge is 2.25. The molecule has 31 heavy (non-hydrogen) atoms. The van der Waals surface area contributed by atoms with Crippen LogP contribution >= 0.6 is 23.2 Å². The van der Waals surface area contributed by atoms with Gasteiger partial charge in [0, 0.05) is 22.2 Å². The number of nitrogens with zero attached hydrogens (tertiary/aromatic N) is 2. The second kappa shape index (κ2) is 8.90. The predicted octanol–water partition coefficient (Wildman–Crippen LogP) is 5.29. The van der Waals surface area contributed by atoms with Crippen LogP contribution in [0, 0.1) is 20.2 Å². The van der Waals surface area contributed by atoms with Crippen LogP contribution < -0.4 is 5.32 Å². The van der Waals surface area contributed by atoms with Crippen molar-refractivity contribution in [3.63, 3.8) is 0 Å². The number of ketones is 1. The Hall–Kier alpha value is -3.82. The third-order valence-electron chi connectivity index (χ3n) is 4.23. The molecule has 0 spiro atoms. The quantitative estimate of drug-likeness (QED) is 0.302. The molecular weight excluding hydrogens is 449 g/mol. The first-order valence-electron chi connectivity index (χ1n) is 8.52. The molecule has 9 nitrogen and oxygen atoms in total. The Kier molecular flexibility index (Phi) is 6.28. The molecule has 0 aliphatic rings. The van der Waals surface area contributed by atoms with Crippen LogP contribution in [0.5, 0.6) is 0 Å². The van der Waals surface area contributed by atoms with Crippen molar-refractivity contribution < 1.29 is 19.4 Å². The number of non-ortho nitro benzene ring substituents is 1. The largest absolute Gasteiger partial charge is 0.321 e. The Labute approximate surface area is 184 Å². The summed E-state index contributed by atoms with van der Waals surface area (Å²) in [4.78, 5) is 46.2. The fourth-order valence-electron chi connectivity index (χ4n) is 2.77. The number of carbonyl (C=O) groups excluding carboxylic acids is 2. The minimum absolute atomic E-state index is 0.0125. The molecule has 3 aromatic carbocycles. The van der Waals surface area contributed by atoms with Crippen molar-refractivity contribution in [2.75, 3.05) is 5.32 Å². The number of nitro groups is 2.